The van der Waals surface area contributed by atoms with Gasteiger partial charge in [-0.2, -0.15) is 0 Å². The minimum absolute atomic E-state index is 0.174. The predicted molar refractivity (Wildman–Crippen MR) is 103 cm³/mol. The van der Waals surface area contributed by atoms with Crippen molar-refractivity contribution >= 4 is 17.8 Å². The van der Waals surface area contributed by atoms with Gasteiger partial charge in [-0.15, -0.1) is 0 Å². The maximum atomic E-state index is 13.2. The van der Waals surface area contributed by atoms with Crippen LogP contribution >= 0.6 is 0 Å². The summed E-state index contributed by atoms with van der Waals surface area (Å²) in [5.41, 5.74) is 0.237. The molecule has 1 fully saturated rings. The third kappa shape index (κ3) is 2.90. The smallest absolute Gasteiger partial charge is 0.325 e. The Bertz CT molecular complexity index is 1050. The lowest BCUT2D eigenvalue weighted by molar-refractivity contribution is -0.136. The molecule has 2 N–H and O–H groups in total. The predicted octanol–water partition coefficient (Wildman–Crippen LogP) is 1.26. The fourth-order valence-corrected chi connectivity index (χ4v) is 3.97. The van der Waals surface area contributed by atoms with Gasteiger partial charge >= 0.3 is 6.03 Å². The maximum absolute atomic E-state index is 13.2. The molecule has 0 radical (unpaired) electrons. The molecular weight excluding hydrogens is 390 g/mol. The second kappa shape index (κ2) is 6.94. The Morgan fingerprint density at radius 3 is 2.80 bits per heavy atom. The Labute approximate surface area is 171 Å². The second-order valence-corrected chi connectivity index (χ2v) is 7.29. The summed E-state index contributed by atoms with van der Waals surface area (Å²) in [7, 11) is 0. The Kier molecular flexibility index (Phi) is 4.23. The molecule has 3 heterocycles. The van der Waals surface area contributed by atoms with E-state index in [4.69, 9.17) is 14.2 Å². The van der Waals surface area contributed by atoms with E-state index in [0.717, 1.165) is 10.5 Å². The molecule has 30 heavy (non-hydrogen) atoms. The van der Waals surface area contributed by atoms with E-state index >= 15 is 0 Å². The molecule has 9 nitrogen and oxygen atoms in total. The van der Waals surface area contributed by atoms with Crippen LogP contribution in [0.4, 0.5) is 4.79 Å². The molecule has 0 aromatic heterocycles. The Morgan fingerprint density at radius 1 is 1.07 bits per heavy atom. The molecule has 0 bridgehead atoms. The SMILES string of the molecule is O=C(CN1C(=O)N[C@]2(CCOc3ccccc32)C1=O)NCc1ccc2c(c1)OCO2. The lowest BCUT2D eigenvalue weighted by atomic mass is 9.84. The number of benzene rings is 2. The molecule has 1 spiro atoms. The number of fused-ring (bicyclic) bond motifs is 3. The largest absolute Gasteiger partial charge is 0.493 e. The molecule has 0 aliphatic carbocycles. The minimum Gasteiger partial charge on any atom is -0.493 e. The molecule has 3 aliphatic heterocycles. The molecular formula is C21H19N3O6. The fourth-order valence-electron chi connectivity index (χ4n) is 3.97. The number of hydrogen-bond acceptors (Lipinski definition) is 6. The van der Waals surface area contributed by atoms with Crippen LogP contribution in [0.2, 0.25) is 0 Å². The van der Waals surface area contributed by atoms with E-state index in [1.54, 1.807) is 36.4 Å². The number of amides is 4. The van der Waals surface area contributed by atoms with E-state index in [9.17, 15) is 14.4 Å². The first kappa shape index (κ1) is 18.3. The number of urea groups is 1. The van der Waals surface area contributed by atoms with Crippen molar-refractivity contribution in [2.24, 2.45) is 0 Å². The van der Waals surface area contributed by atoms with Gasteiger partial charge in [-0.25, -0.2) is 4.79 Å². The van der Waals surface area contributed by atoms with Gasteiger partial charge in [0, 0.05) is 18.5 Å². The van der Waals surface area contributed by atoms with Crippen LogP contribution in [0.3, 0.4) is 0 Å². The molecule has 0 saturated carbocycles. The average molecular weight is 409 g/mol. The summed E-state index contributed by atoms with van der Waals surface area (Å²) in [6.07, 6.45) is 0.309. The van der Waals surface area contributed by atoms with E-state index in [1.807, 2.05) is 6.07 Å². The van der Waals surface area contributed by atoms with Crippen molar-refractivity contribution in [3.63, 3.8) is 0 Å². The van der Waals surface area contributed by atoms with Gasteiger partial charge in [0.25, 0.3) is 5.91 Å². The summed E-state index contributed by atoms with van der Waals surface area (Å²) in [4.78, 5) is 39.1. The molecule has 5 rings (SSSR count). The van der Waals surface area contributed by atoms with Crippen molar-refractivity contribution in [1.82, 2.24) is 15.5 Å². The first-order valence-corrected chi connectivity index (χ1v) is 9.58. The van der Waals surface area contributed by atoms with E-state index in [0.29, 0.717) is 35.8 Å². The lowest BCUT2D eigenvalue weighted by Gasteiger charge is -2.33. The quantitative estimate of drug-likeness (QED) is 0.737. The van der Waals surface area contributed by atoms with Gasteiger partial charge in [-0.1, -0.05) is 24.3 Å². The van der Waals surface area contributed by atoms with E-state index in [2.05, 4.69) is 10.6 Å². The number of para-hydroxylation sites is 1. The van der Waals surface area contributed by atoms with Crippen LogP contribution in [0.1, 0.15) is 17.5 Å². The van der Waals surface area contributed by atoms with Crippen LogP contribution in [0.25, 0.3) is 0 Å². The van der Waals surface area contributed by atoms with Gasteiger partial charge in [-0.05, 0) is 23.8 Å². The normalized spacial score (nSPS) is 21.3. The van der Waals surface area contributed by atoms with E-state index in [-0.39, 0.29) is 19.9 Å². The number of nitrogens with one attached hydrogen (secondary N) is 2. The first-order chi connectivity index (χ1) is 14.6. The standard InChI is InChI=1S/C21H19N3O6/c25-18(22-10-13-5-6-16-17(9-13)30-12-29-16)11-24-19(26)21(23-20(24)27)7-8-28-15-4-2-1-3-14(15)21/h1-6,9H,7-8,10-12H2,(H,22,25)(H,23,27)/t21-/m0/s1. The summed E-state index contributed by atoms with van der Waals surface area (Å²) < 4.78 is 16.2. The zero-order valence-corrected chi connectivity index (χ0v) is 16.0. The van der Waals surface area contributed by atoms with Crippen LogP contribution in [-0.4, -0.2) is 42.7 Å². The van der Waals surface area contributed by atoms with Crippen LogP contribution in [0.15, 0.2) is 42.5 Å². The summed E-state index contributed by atoms with van der Waals surface area (Å²) in [6.45, 7) is 0.349. The van der Waals surface area contributed by atoms with Crippen molar-refractivity contribution in [3.8, 4) is 17.2 Å². The van der Waals surface area contributed by atoms with Crippen molar-refractivity contribution in [2.45, 2.75) is 18.5 Å². The van der Waals surface area contributed by atoms with Crippen LogP contribution < -0.4 is 24.8 Å². The third-order valence-electron chi connectivity index (χ3n) is 5.49. The van der Waals surface area contributed by atoms with Gasteiger partial charge in [0.15, 0.2) is 17.0 Å². The number of hydrogen-bond donors (Lipinski definition) is 2. The topological polar surface area (TPSA) is 106 Å². The molecule has 9 heteroatoms. The first-order valence-electron chi connectivity index (χ1n) is 9.58. The van der Waals surface area contributed by atoms with Crippen LogP contribution in [0, 0.1) is 0 Å². The molecule has 1 saturated heterocycles. The number of imide groups is 1. The van der Waals surface area contributed by atoms with Crippen molar-refractivity contribution in [2.75, 3.05) is 19.9 Å². The highest BCUT2D eigenvalue weighted by atomic mass is 16.7. The maximum Gasteiger partial charge on any atom is 0.325 e. The Morgan fingerprint density at radius 2 is 1.90 bits per heavy atom. The van der Waals surface area contributed by atoms with Gasteiger partial charge < -0.3 is 24.8 Å². The third-order valence-corrected chi connectivity index (χ3v) is 5.49. The molecule has 3 aliphatic rings. The minimum atomic E-state index is -1.19. The zero-order valence-electron chi connectivity index (χ0n) is 16.0. The van der Waals surface area contributed by atoms with Crippen LogP contribution in [0.5, 0.6) is 17.2 Å². The average Bonchev–Trinajstić information content (AvgIpc) is 3.31. The highest BCUT2D eigenvalue weighted by Gasteiger charge is 2.55. The second-order valence-electron chi connectivity index (χ2n) is 7.29. The lowest BCUT2D eigenvalue weighted by Crippen LogP contribution is -2.48. The van der Waals surface area contributed by atoms with Gasteiger partial charge in [0.05, 0.1) is 6.61 Å². The van der Waals surface area contributed by atoms with Crippen LogP contribution in [-0.2, 0) is 21.7 Å². The molecule has 154 valence electrons. The number of nitrogens with zero attached hydrogens (tertiary/aromatic N) is 1. The van der Waals surface area contributed by atoms with Crippen molar-refractivity contribution < 1.29 is 28.6 Å². The Hall–Kier alpha value is -3.75. The summed E-state index contributed by atoms with van der Waals surface area (Å²) >= 11 is 0. The summed E-state index contributed by atoms with van der Waals surface area (Å²) in [5, 5.41) is 5.51. The summed E-state index contributed by atoms with van der Waals surface area (Å²) in [6, 6.07) is 11.9. The number of carbonyl (C=O) groups is 3. The van der Waals surface area contributed by atoms with Gasteiger partial charge in [0.1, 0.15) is 12.3 Å². The van der Waals surface area contributed by atoms with Crippen molar-refractivity contribution in [3.05, 3.63) is 53.6 Å². The van der Waals surface area contributed by atoms with Crippen molar-refractivity contribution in [1.29, 1.82) is 0 Å². The molecule has 2 aromatic rings. The van der Waals surface area contributed by atoms with Gasteiger partial charge in [-0.3, -0.25) is 14.5 Å². The Balaban J connectivity index is 1.27. The fraction of sp³-hybridized carbons (Fsp3) is 0.286. The molecule has 2 aromatic carbocycles. The number of carbonyl (C=O) groups excluding carboxylic acids is 3. The number of rotatable bonds is 4. The summed E-state index contributed by atoms with van der Waals surface area (Å²) in [5.74, 6) is 0.962. The van der Waals surface area contributed by atoms with Gasteiger partial charge in [0.2, 0.25) is 12.7 Å². The zero-order chi connectivity index (χ0) is 20.7. The monoisotopic (exact) mass is 409 g/mol. The molecule has 4 amide bonds. The molecule has 0 unspecified atom stereocenters. The molecule has 1 atom stereocenters. The highest BCUT2D eigenvalue weighted by Crippen LogP contribution is 2.40. The number of ether oxygens (including phenoxy) is 3. The highest BCUT2D eigenvalue weighted by molar-refractivity contribution is 6.09. The van der Waals surface area contributed by atoms with E-state index < -0.39 is 23.4 Å². The van der Waals surface area contributed by atoms with E-state index in [1.165, 1.54) is 0 Å².